The number of para-hydroxylation sites is 1. The van der Waals surface area contributed by atoms with Gasteiger partial charge in [0, 0.05) is 41.3 Å². The number of likely N-dealkylation sites (N-methyl/N-ethyl adjacent to an activating group) is 1. The Bertz CT molecular complexity index is 1040. The van der Waals surface area contributed by atoms with E-state index in [4.69, 9.17) is 4.74 Å². The zero-order valence-electron chi connectivity index (χ0n) is 20.0. The molecule has 3 aromatic rings. The second kappa shape index (κ2) is 10.0. The summed E-state index contributed by atoms with van der Waals surface area (Å²) in [4.78, 5) is 6.56. The molecule has 1 unspecified atom stereocenters. The van der Waals surface area contributed by atoms with E-state index in [1.807, 2.05) is 0 Å². The molecular formula is C29H36N2OS. The maximum Gasteiger partial charge on any atom is 0.0921 e. The minimum absolute atomic E-state index is 0.183. The minimum Gasteiger partial charge on any atom is -0.371 e. The summed E-state index contributed by atoms with van der Waals surface area (Å²) in [5.74, 6) is 0. The van der Waals surface area contributed by atoms with E-state index in [0.29, 0.717) is 6.61 Å². The highest BCUT2D eigenvalue weighted by Crippen LogP contribution is 2.43. The fourth-order valence-electron chi connectivity index (χ4n) is 5.84. The summed E-state index contributed by atoms with van der Waals surface area (Å²) in [6.07, 6.45) is 5.91. The number of fused-ring (bicyclic) bond motifs is 2. The molecule has 0 bridgehead atoms. The first-order valence-electron chi connectivity index (χ1n) is 12.5. The van der Waals surface area contributed by atoms with Gasteiger partial charge in [0.05, 0.1) is 12.7 Å². The number of anilines is 1. The van der Waals surface area contributed by atoms with Gasteiger partial charge in [-0.1, -0.05) is 61.9 Å². The van der Waals surface area contributed by atoms with Crippen molar-refractivity contribution in [3.63, 3.8) is 0 Å². The Hall–Kier alpha value is -2.14. The quantitative estimate of drug-likeness (QED) is 0.386. The molecule has 0 aliphatic carbocycles. The van der Waals surface area contributed by atoms with Gasteiger partial charge in [0.25, 0.3) is 0 Å². The van der Waals surface area contributed by atoms with Gasteiger partial charge in [-0.3, -0.25) is 4.90 Å². The predicted octanol–water partition coefficient (Wildman–Crippen LogP) is 6.79. The summed E-state index contributed by atoms with van der Waals surface area (Å²) in [7, 11) is 2.33. The monoisotopic (exact) mass is 460 g/mol. The van der Waals surface area contributed by atoms with Gasteiger partial charge in [0.2, 0.25) is 0 Å². The van der Waals surface area contributed by atoms with Crippen LogP contribution < -0.4 is 4.90 Å². The zero-order chi connectivity index (χ0) is 22.7. The summed E-state index contributed by atoms with van der Waals surface area (Å²) in [5.41, 5.74) is 5.95. The molecule has 5 rings (SSSR count). The van der Waals surface area contributed by atoms with Crippen LogP contribution in [0, 0.1) is 0 Å². The van der Waals surface area contributed by atoms with Crippen molar-refractivity contribution in [1.29, 1.82) is 0 Å². The molecule has 1 aromatic heterocycles. The number of hydrogen-bond acceptors (Lipinski definition) is 4. The molecule has 1 fully saturated rings. The predicted molar refractivity (Wildman–Crippen MR) is 139 cm³/mol. The van der Waals surface area contributed by atoms with Gasteiger partial charge in [0.1, 0.15) is 0 Å². The van der Waals surface area contributed by atoms with Crippen molar-refractivity contribution in [3.05, 3.63) is 87.6 Å². The lowest BCUT2D eigenvalue weighted by Gasteiger charge is -2.51. The molecule has 33 heavy (non-hydrogen) atoms. The topological polar surface area (TPSA) is 15.7 Å². The third-order valence-electron chi connectivity index (χ3n) is 7.74. The molecule has 2 aliphatic heterocycles. The normalized spacial score (nSPS) is 18.9. The number of rotatable bonds is 7. The van der Waals surface area contributed by atoms with E-state index in [1.54, 1.807) is 22.5 Å². The average Bonchev–Trinajstić information content (AvgIpc) is 3.40. The molecular weight excluding hydrogens is 424 g/mol. The highest BCUT2D eigenvalue weighted by Gasteiger charge is 2.43. The molecule has 0 N–H and O–H groups in total. The van der Waals surface area contributed by atoms with Crippen LogP contribution in [0.1, 0.15) is 60.3 Å². The molecule has 174 valence electrons. The smallest absolute Gasteiger partial charge is 0.0921 e. The van der Waals surface area contributed by atoms with Crippen LogP contribution in [0.4, 0.5) is 5.69 Å². The van der Waals surface area contributed by atoms with Gasteiger partial charge < -0.3 is 9.64 Å². The highest BCUT2D eigenvalue weighted by molar-refractivity contribution is 7.10. The van der Waals surface area contributed by atoms with Gasteiger partial charge in [-0.25, -0.2) is 0 Å². The summed E-state index contributed by atoms with van der Waals surface area (Å²) in [5, 5.41) is 2.15. The lowest BCUT2D eigenvalue weighted by atomic mass is 9.74. The van der Waals surface area contributed by atoms with Gasteiger partial charge in [-0.2, -0.15) is 0 Å². The van der Waals surface area contributed by atoms with Crippen LogP contribution in [0.5, 0.6) is 0 Å². The van der Waals surface area contributed by atoms with E-state index in [2.05, 4.69) is 89.8 Å². The Balaban J connectivity index is 1.31. The van der Waals surface area contributed by atoms with Gasteiger partial charge in [0.15, 0.2) is 0 Å². The minimum atomic E-state index is 0.183. The molecule has 0 radical (unpaired) electrons. The van der Waals surface area contributed by atoms with Crippen LogP contribution in [-0.2, 0) is 23.3 Å². The van der Waals surface area contributed by atoms with Crippen LogP contribution in [0.2, 0.25) is 0 Å². The van der Waals surface area contributed by atoms with E-state index in [-0.39, 0.29) is 11.6 Å². The molecule has 4 heteroatoms. The van der Waals surface area contributed by atoms with Crippen molar-refractivity contribution >= 4 is 17.0 Å². The Morgan fingerprint density at radius 2 is 1.76 bits per heavy atom. The van der Waals surface area contributed by atoms with Gasteiger partial charge in [-0.15, -0.1) is 11.3 Å². The van der Waals surface area contributed by atoms with Crippen molar-refractivity contribution < 1.29 is 4.74 Å². The molecule has 1 spiro atoms. The molecule has 1 atom stereocenters. The van der Waals surface area contributed by atoms with E-state index >= 15 is 0 Å². The third-order valence-corrected chi connectivity index (χ3v) is 8.70. The van der Waals surface area contributed by atoms with E-state index in [0.717, 1.165) is 32.5 Å². The fraction of sp³-hybridized carbons (Fsp3) is 0.448. The first-order valence-corrected chi connectivity index (χ1v) is 13.4. The van der Waals surface area contributed by atoms with Crippen molar-refractivity contribution in [2.24, 2.45) is 0 Å². The lowest BCUT2D eigenvalue weighted by molar-refractivity contribution is 0.0357. The van der Waals surface area contributed by atoms with Crippen LogP contribution in [-0.4, -0.2) is 31.6 Å². The van der Waals surface area contributed by atoms with Crippen LogP contribution in [0.15, 0.2) is 66.0 Å². The fourth-order valence-corrected chi connectivity index (χ4v) is 6.65. The van der Waals surface area contributed by atoms with E-state index in [1.165, 1.54) is 35.4 Å². The summed E-state index contributed by atoms with van der Waals surface area (Å²) < 4.78 is 6.49. The Kier molecular flexibility index (Phi) is 6.86. The second-order valence-electron chi connectivity index (χ2n) is 9.58. The van der Waals surface area contributed by atoms with Crippen molar-refractivity contribution in [3.8, 4) is 0 Å². The first kappa shape index (κ1) is 22.6. The van der Waals surface area contributed by atoms with Gasteiger partial charge in [-0.05, 0) is 61.4 Å². The van der Waals surface area contributed by atoms with Gasteiger partial charge >= 0.3 is 0 Å². The standard InChI is InChI=1S/C29H36N2OS/c1-3-9-27(28-14-8-21-33-28)32-22-24-11-5-7-13-26(24)31-19-16-29(17-20-31)25-12-6-4-10-23(25)15-18-30(29)2/h4-8,10-14,21,27H,3,9,15-20,22H2,1-2H3. The highest BCUT2D eigenvalue weighted by atomic mass is 32.1. The molecule has 3 heterocycles. The number of benzene rings is 2. The summed E-state index contributed by atoms with van der Waals surface area (Å²) in [6, 6.07) is 22.3. The number of piperidine rings is 1. The van der Waals surface area contributed by atoms with E-state index < -0.39 is 0 Å². The molecule has 1 saturated heterocycles. The van der Waals surface area contributed by atoms with Crippen LogP contribution in [0.3, 0.4) is 0 Å². The van der Waals surface area contributed by atoms with Crippen molar-refractivity contribution in [2.75, 3.05) is 31.6 Å². The third kappa shape index (κ3) is 4.49. The number of nitrogens with zero attached hydrogens (tertiary/aromatic N) is 2. The Labute approximate surface area is 203 Å². The molecule has 2 aliphatic rings. The van der Waals surface area contributed by atoms with Crippen LogP contribution in [0.25, 0.3) is 0 Å². The van der Waals surface area contributed by atoms with Crippen molar-refractivity contribution in [2.45, 2.75) is 57.3 Å². The average molecular weight is 461 g/mol. The van der Waals surface area contributed by atoms with Crippen molar-refractivity contribution in [1.82, 2.24) is 4.90 Å². The summed E-state index contributed by atoms with van der Waals surface area (Å²) >= 11 is 1.81. The Morgan fingerprint density at radius 3 is 2.55 bits per heavy atom. The summed E-state index contributed by atoms with van der Waals surface area (Å²) in [6.45, 7) is 6.23. The molecule has 3 nitrogen and oxygen atoms in total. The number of thiophene rings is 1. The number of hydrogen-bond donors (Lipinski definition) is 0. The van der Waals surface area contributed by atoms with E-state index in [9.17, 15) is 0 Å². The SMILES string of the molecule is CCCC(OCc1ccccc1N1CCC2(CC1)c1ccccc1CCN2C)c1cccs1. The first-order chi connectivity index (χ1) is 16.2. The number of ether oxygens (including phenoxy) is 1. The Morgan fingerprint density at radius 1 is 0.970 bits per heavy atom. The van der Waals surface area contributed by atoms with Crippen LogP contribution >= 0.6 is 11.3 Å². The largest absolute Gasteiger partial charge is 0.371 e. The second-order valence-corrected chi connectivity index (χ2v) is 10.6. The maximum absolute atomic E-state index is 6.49. The molecule has 0 amide bonds. The molecule has 0 saturated carbocycles. The molecule has 2 aromatic carbocycles. The lowest BCUT2D eigenvalue weighted by Crippen LogP contribution is -2.54. The maximum atomic E-state index is 6.49. The zero-order valence-corrected chi connectivity index (χ0v) is 20.8.